The first kappa shape index (κ1) is 18.8. The smallest absolute Gasteiger partial charge is 0.315 e. The van der Waals surface area contributed by atoms with E-state index in [0.717, 1.165) is 28.3 Å². The third kappa shape index (κ3) is 3.35. The van der Waals surface area contributed by atoms with Crippen molar-refractivity contribution in [2.45, 2.75) is 38.5 Å². The normalized spacial score (nSPS) is 24.6. The zero-order valence-electron chi connectivity index (χ0n) is 16.1. The van der Waals surface area contributed by atoms with E-state index in [1.807, 2.05) is 42.6 Å². The van der Waals surface area contributed by atoms with Crippen molar-refractivity contribution in [2.24, 2.45) is 10.9 Å². The van der Waals surface area contributed by atoms with Gasteiger partial charge in [0.2, 0.25) is 0 Å². The summed E-state index contributed by atoms with van der Waals surface area (Å²) in [5, 5.41) is 1.99. The average Bonchev–Trinajstić information content (AvgIpc) is 3.22. The van der Waals surface area contributed by atoms with E-state index in [2.05, 4.69) is 12.1 Å². The number of hydrogen-bond acceptors (Lipinski definition) is 5. The molecule has 2 aromatic rings. The predicted octanol–water partition coefficient (Wildman–Crippen LogP) is 4.89. The van der Waals surface area contributed by atoms with Gasteiger partial charge in [-0.1, -0.05) is 36.4 Å². The minimum Gasteiger partial charge on any atom is -0.465 e. The number of nitrogens with zero attached hydrogens (tertiary/aromatic N) is 1. The summed E-state index contributed by atoms with van der Waals surface area (Å²) >= 11 is 1.58. The van der Waals surface area contributed by atoms with Gasteiger partial charge < -0.3 is 4.74 Å². The molecule has 2 aliphatic rings. The van der Waals surface area contributed by atoms with Crippen LogP contribution in [0.25, 0.3) is 0 Å². The standard InChI is InChI=1S/C23H23NO3S/c1-3-27-23(26)20-14(2)24-17-12-16(15-8-5-4-6-9-15)13-18(25)21(17)22(20)19-10-7-11-28-19/h4-11,16,20,22H,3,12-13H2,1-2H3/t16-,20?,22-/m1/s1. The molecule has 144 valence electrons. The number of allylic oxidation sites excluding steroid dienone is 2. The third-order valence-corrected chi connectivity index (χ3v) is 6.51. The Morgan fingerprint density at radius 2 is 1.96 bits per heavy atom. The highest BCUT2D eigenvalue weighted by Crippen LogP contribution is 2.47. The lowest BCUT2D eigenvalue weighted by Crippen LogP contribution is -2.37. The summed E-state index contributed by atoms with van der Waals surface area (Å²) in [6, 6.07) is 14.1. The molecule has 0 radical (unpaired) electrons. The highest BCUT2D eigenvalue weighted by molar-refractivity contribution is 7.10. The van der Waals surface area contributed by atoms with E-state index in [0.29, 0.717) is 18.6 Å². The van der Waals surface area contributed by atoms with Crippen molar-refractivity contribution in [1.29, 1.82) is 0 Å². The largest absolute Gasteiger partial charge is 0.465 e. The second kappa shape index (κ2) is 7.84. The van der Waals surface area contributed by atoms with Crippen LogP contribution in [-0.2, 0) is 14.3 Å². The Morgan fingerprint density at radius 1 is 1.18 bits per heavy atom. The number of ketones is 1. The second-order valence-corrected chi connectivity index (χ2v) is 8.25. The molecule has 0 fully saturated rings. The van der Waals surface area contributed by atoms with E-state index in [-0.39, 0.29) is 23.6 Å². The topological polar surface area (TPSA) is 55.7 Å². The molecule has 4 rings (SSSR count). The molecule has 1 aliphatic carbocycles. The molecule has 0 bridgehead atoms. The van der Waals surface area contributed by atoms with E-state index < -0.39 is 5.92 Å². The van der Waals surface area contributed by atoms with Crippen molar-refractivity contribution >= 4 is 28.8 Å². The van der Waals surface area contributed by atoms with Crippen molar-refractivity contribution < 1.29 is 14.3 Å². The number of thiophene rings is 1. The maximum atomic E-state index is 13.3. The van der Waals surface area contributed by atoms with Crippen LogP contribution in [0.3, 0.4) is 0 Å². The molecule has 0 N–H and O–H groups in total. The summed E-state index contributed by atoms with van der Waals surface area (Å²) in [4.78, 5) is 31.8. The highest BCUT2D eigenvalue weighted by atomic mass is 32.1. The molecule has 1 aliphatic heterocycles. The number of Topliss-reactive ketones (excluding diaryl/α,β-unsaturated/α-hetero) is 1. The number of rotatable bonds is 4. The Morgan fingerprint density at radius 3 is 2.64 bits per heavy atom. The van der Waals surface area contributed by atoms with Crippen LogP contribution in [0.5, 0.6) is 0 Å². The van der Waals surface area contributed by atoms with Gasteiger partial charge in [0.15, 0.2) is 5.78 Å². The molecule has 1 aromatic carbocycles. The van der Waals surface area contributed by atoms with Crippen LogP contribution in [0, 0.1) is 5.92 Å². The SMILES string of the molecule is CCOC(=O)C1C(C)=NC2=C(C(=O)C[C@H](c3ccccc3)C2)[C@@H]1c1cccs1. The molecule has 1 unspecified atom stereocenters. The van der Waals surface area contributed by atoms with E-state index in [1.54, 1.807) is 18.3 Å². The maximum absolute atomic E-state index is 13.3. The molecule has 1 aromatic heterocycles. The Hall–Kier alpha value is -2.53. The van der Waals surface area contributed by atoms with Crippen molar-refractivity contribution in [3.63, 3.8) is 0 Å². The molecule has 0 amide bonds. The summed E-state index contributed by atoms with van der Waals surface area (Å²) in [5.74, 6) is -0.900. The average molecular weight is 394 g/mol. The van der Waals surface area contributed by atoms with Crippen LogP contribution in [0.15, 0.2) is 64.1 Å². The molecule has 0 saturated carbocycles. The molecular formula is C23H23NO3S. The summed E-state index contributed by atoms with van der Waals surface area (Å²) in [6.07, 6.45) is 1.18. The van der Waals surface area contributed by atoms with Gasteiger partial charge in [-0.25, -0.2) is 0 Å². The lowest BCUT2D eigenvalue weighted by atomic mass is 9.71. The summed E-state index contributed by atoms with van der Waals surface area (Å²) < 4.78 is 5.34. The number of aliphatic imine (C=N–C) groups is 1. The lowest BCUT2D eigenvalue weighted by Gasteiger charge is -2.35. The van der Waals surface area contributed by atoms with Gasteiger partial charge in [0.25, 0.3) is 0 Å². The van der Waals surface area contributed by atoms with Gasteiger partial charge in [-0.2, -0.15) is 0 Å². The molecule has 2 heterocycles. The summed E-state index contributed by atoms with van der Waals surface area (Å²) in [7, 11) is 0. The number of carbonyl (C=O) groups is 2. The van der Waals surface area contributed by atoms with Crippen molar-refractivity contribution in [3.05, 3.63) is 69.6 Å². The molecule has 3 atom stereocenters. The predicted molar refractivity (Wildman–Crippen MR) is 111 cm³/mol. The quantitative estimate of drug-likeness (QED) is 0.695. The van der Waals surface area contributed by atoms with E-state index in [4.69, 9.17) is 9.73 Å². The monoisotopic (exact) mass is 393 g/mol. The zero-order chi connectivity index (χ0) is 19.7. The number of esters is 1. The van der Waals surface area contributed by atoms with Crippen LogP contribution in [0.4, 0.5) is 0 Å². The van der Waals surface area contributed by atoms with Crippen molar-refractivity contribution in [2.75, 3.05) is 6.61 Å². The van der Waals surface area contributed by atoms with Gasteiger partial charge in [-0.3, -0.25) is 14.6 Å². The van der Waals surface area contributed by atoms with E-state index >= 15 is 0 Å². The number of hydrogen-bond donors (Lipinski definition) is 0. The molecular weight excluding hydrogens is 370 g/mol. The first-order chi connectivity index (χ1) is 13.6. The van der Waals surface area contributed by atoms with Crippen LogP contribution in [-0.4, -0.2) is 24.1 Å². The molecule has 4 nitrogen and oxygen atoms in total. The van der Waals surface area contributed by atoms with E-state index in [9.17, 15) is 9.59 Å². The third-order valence-electron chi connectivity index (χ3n) is 5.55. The number of benzene rings is 1. The van der Waals surface area contributed by atoms with Crippen molar-refractivity contribution in [1.82, 2.24) is 0 Å². The fourth-order valence-corrected chi connectivity index (χ4v) is 5.21. The second-order valence-electron chi connectivity index (χ2n) is 7.28. The van der Waals surface area contributed by atoms with Gasteiger partial charge in [0.1, 0.15) is 5.92 Å². The lowest BCUT2D eigenvalue weighted by molar-refractivity contribution is -0.146. The number of ether oxygens (including phenoxy) is 1. The Balaban J connectivity index is 1.77. The Bertz CT molecular complexity index is 943. The summed E-state index contributed by atoms with van der Waals surface area (Å²) in [6.45, 7) is 3.99. The van der Waals surface area contributed by atoms with Crippen LogP contribution < -0.4 is 0 Å². The summed E-state index contributed by atoms with van der Waals surface area (Å²) in [5.41, 5.74) is 3.44. The molecule has 0 saturated heterocycles. The van der Waals surface area contributed by atoms with E-state index in [1.165, 1.54) is 0 Å². The first-order valence-corrected chi connectivity index (χ1v) is 10.5. The Labute approximate surface area is 169 Å². The number of carbonyl (C=O) groups excluding carboxylic acids is 2. The molecule has 0 spiro atoms. The maximum Gasteiger partial charge on any atom is 0.315 e. The fraction of sp³-hybridized carbons (Fsp3) is 0.348. The van der Waals surface area contributed by atoms with Crippen LogP contribution >= 0.6 is 11.3 Å². The first-order valence-electron chi connectivity index (χ1n) is 9.66. The van der Waals surface area contributed by atoms with Gasteiger partial charge >= 0.3 is 5.97 Å². The van der Waals surface area contributed by atoms with Gasteiger partial charge in [-0.15, -0.1) is 11.3 Å². The fourth-order valence-electron chi connectivity index (χ4n) is 4.33. The van der Waals surface area contributed by atoms with Gasteiger partial charge in [-0.05, 0) is 43.2 Å². The van der Waals surface area contributed by atoms with Crippen molar-refractivity contribution in [3.8, 4) is 0 Å². The zero-order valence-corrected chi connectivity index (χ0v) is 16.9. The highest BCUT2D eigenvalue weighted by Gasteiger charge is 2.45. The Kier molecular flexibility index (Phi) is 5.27. The minimum absolute atomic E-state index is 0.0963. The molecule has 5 heteroatoms. The van der Waals surface area contributed by atoms with Crippen LogP contribution in [0.2, 0.25) is 0 Å². The van der Waals surface area contributed by atoms with Gasteiger partial charge in [0, 0.05) is 34.2 Å². The van der Waals surface area contributed by atoms with Crippen LogP contribution in [0.1, 0.15) is 49.0 Å². The minimum atomic E-state index is -0.533. The van der Waals surface area contributed by atoms with Gasteiger partial charge in [0.05, 0.1) is 6.61 Å². The molecule has 28 heavy (non-hydrogen) atoms.